The molecule has 0 radical (unpaired) electrons. The molecule has 100 valence electrons. The lowest BCUT2D eigenvalue weighted by atomic mass is 9.84. The Balaban J connectivity index is 2.57. The molecular weight excluding hydrogens is 214 g/mol. The molecule has 0 aliphatic heterocycles. The number of carbonyl (C=O) groups excluding carboxylic acids is 1. The largest absolute Gasteiger partial charge is 0.396 e. The minimum atomic E-state index is 0.0787. The van der Waals surface area contributed by atoms with Crippen LogP contribution in [0.15, 0.2) is 0 Å². The first-order valence-corrected chi connectivity index (χ1v) is 6.88. The molecule has 1 aliphatic rings. The molecule has 1 fully saturated rings. The van der Waals surface area contributed by atoms with Crippen molar-refractivity contribution in [3.8, 4) is 0 Å². The van der Waals surface area contributed by atoms with Gasteiger partial charge in [-0.05, 0) is 24.7 Å². The van der Waals surface area contributed by atoms with Gasteiger partial charge >= 0.3 is 0 Å². The first-order valence-electron chi connectivity index (χ1n) is 6.88. The Hall–Kier alpha value is -0.570. The third kappa shape index (κ3) is 3.70. The molecule has 0 saturated heterocycles. The Labute approximate surface area is 105 Å². The van der Waals surface area contributed by atoms with Gasteiger partial charge in [-0.2, -0.15) is 0 Å². The number of amides is 1. The highest BCUT2D eigenvalue weighted by Crippen LogP contribution is 2.27. The van der Waals surface area contributed by atoms with Gasteiger partial charge in [0.25, 0.3) is 0 Å². The van der Waals surface area contributed by atoms with Gasteiger partial charge in [-0.3, -0.25) is 4.79 Å². The van der Waals surface area contributed by atoms with E-state index in [4.69, 9.17) is 0 Å². The molecule has 1 amide bonds. The van der Waals surface area contributed by atoms with Gasteiger partial charge in [0.05, 0.1) is 0 Å². The molecule has 0 heterocycles. The molecule has 17 heavy (non-hydrogen) atoms. The monoisotopic (exact) mass is 241 g/mol. The summed E-state index contributed by atoms with van der Waals surface area (Å²) in [7, 11) is 0. The lowest BCUT2D eigenvalue weighted by molar-refractivity contribution is -0.128. The van der Waals surface area contributed by atoms with Crippen LogP contribution in [0, 0.1) is 23.7 Å². The summed E-state index contributed by atoms with van der Waals surface area (Å²) >= 11 is 0. The summed E-state index contributed by atoms with van der Waals surface area (Å²) in [5.74, 6) is 1.24. The summed E-state index contributed by atoms with van der Waals surface area (Å²) in [6.07, 6.45) is 3.17. The number of carbonyl (C=O) groups is 1. The van der Waals surface area contributed by atoms with Crippen molar-refractivity contribution in [1.82, 2.24) is 5.32 Å². The van der Waals surface area contributed by atoms with Crippen LogP contribution in [-0.4, -0.2) is 23.7 Å². The predicted octanol–water partition coefficient (Wildman–Crippen LogP) is 2.19. The normalized spacial score (nSPS) is 24.9. The fourth-order valence-electron chi connectivity index (χ4n) is 3.10. The van der Waals surface area contributed by atoms with E-state index in [2.05, 4.69) is 33.0 Å². The minimum Gasteiger partial charge on any atom is -0.396 e. The molecule has 0 aromatic carbocycles. The van der Waals surface area contributed by atoms with E-state index in [0.717, 1.165) is 19.3 Å². The lowest BCUT2D eigenvalue weighted by Gasteiger charge is -2.27. The Morgan fingerprint density at radius 3 is 2.29 bits per heavy atom. The summed E-state index contributed by atoms with van der Waals surface area (Å²) in [6, 6.07) is 0.187. The third-order valence-electron chi connectivity index (χ3n) is 3.96. The smallest absolute Gasteiger partial charge is 0.223 e. The number of rotatable bonds is 5. The fraction of sp³-hybridized carbons (Fsp3) is 0.929. The van der Waals surface area contributed by atoms with E-state index in [9.17, 15) is 9.90 Å². The molecule has 0 bridgehead atoms. The SMILES string of the molecule is CC(C)C(C(=O)NC1CCCC1CO)C(C)C. The van der Waals surface area contributed by atoms with Crippen molar-refractivity contribution in [2.75, 3.05) is 6.61 Å². The highest BCUT2D eigenvalue weighted by Gasteiger charge is 2.32. The van der Waals surface area contributed by atoms with Crippen LogP contribution in [0.5, 0.6) is 0 Å². The van der Waals surface area contributed by atoms with Gasteiger partial charge in [0.2, 0.25) is 5.91 Å². The van der Waals surface area contributed by atoms with Crippen LogP contribution in [0.4, 0.5) is 0 Å². The van der Waals surface area contributed by atoms with Gasteiger partial charge in [-0.25, -0.2) is 0 Å². The van der Waals surface area contributed by atoms with Crippen LogP contribution in [0.3, 0.4) is 0 Å². The van der Waals surface area contributed by atoms with Gasteiger partial charge in [0.1, 0.15) is 0 Å². The van der Waals surface area contributed by atoms with Crippen LogP contribution in [0.25, 0.3) is 0 Å². The molecule has 3 nitrogen and oxygen atoms in total. The maximum Gasteiger partial charge on any atom is 0.223 e. The van der Waals surface area contributed by atoms with Crippen molar-refractivity contribution in [1.29, 1.82) is 0 Å². The maximum absolute atomic E-state index is 12.3. The zero-order valence-corrected chi connectivity index (χ0v) is 11.6. The van der Waals surface area contributed by atoms with Crippen LogP contribution < -0.4 is 5.32 Å². The summed E-state index contributed by atoms with van der Waals surface area (Å²) in [6.45, 7) is 8.59. The van der Waals surface area contributed by atoms with Crippen LogP contribution in [0.1, 0.15) is 47.0 Å². The van der Waals surface area contributed by atoms with E-state index in [1.165, 1.54) is 0 Å². The maximum atomic E-state index is 12.3. The van der Waals surface area contributed by atoms with E-state index in [1.54, 1.807) is 0 Å². The van der Waals surface area contributed by atoms with Crippen LogP contribution >= 0.6 is 0 Å². The Kier molecular flexibility index (Phi) is 5.44. The molecule has 0 aromatic heterocycles. The molecule has 2 unspecified atom stereocenters. The second kappa shape index (κ2) is 6.39. The fourth-order valence-corrected chi connectivity index (χ4v) is 3.10. The average molecular weight is 241 g/mol. The lowest BCUT2D eigenvalue weighted by Crippen LogP contribution is -2.44. The highest BCUT2D eigenvalue weighted by atomic mass is 16.3. The van der Waals surface area contributed by atoms with Gasteiger partial charge in [0, 0.05) is 24.5 Å². The molecule has 1 rings (SSSR count). The van der Waals surface area contributed by atoms with Crippen LogP contribution in [0.2, 0.25) is 0 Å². The molecule has 2 N–H and O–H groups in total. The third-order valence-corrected chi connectivity index (χ3v) is 3.96. The van der Waals surface area contributed by atoms with Crippen molar-refractivity contribution < 1.29 is 9.90 Å². The molecule has 1 saturated carbocycles. The van der Waals surface area contributed by atoms with Gasteiger partial charge in [0.15, 0.2) is 0 Å². The van der Waals surface area contributed by atoms with Crippen molar-refractivity contribution in [3.63, 3.8) is 0 Å². The number of aliphatic hydroxyl groups excluding tert-OH is 1. The molecule has 1 aliphatic carbocycles. The quantitative estimate of drug-likeness (QED) is 0.775. The molecule has 0 aromatic rings. The number of hydrogen-bond acceptors (Lipinski definition) is 2. The van der Waals surface area contributed by atoms with E-state index >= 15 is 0 Å². The first kappa shape index (κ1) is 14.5. The van der Waals surface area contributed by atoms with E-state index in [-0.39, 0.29) is 30.4 Å². The number of hydrogen-bond donors (Lipinski definition) is 2. The topological polar surface area (TPSA) is 49.3 Å². The second-order valence-corrected chi connectivity index (χ2v) is 6.00. The first-order chi connectivity index (χ1) is 7.97. The zero-order chi connectivity index (χ0) is 13.0. The highest BCUT2D eigenvalue weighted by molar-refractivity contribution is 5.79. The summed E-state index contributed by atoms with van der Waals surface area (Å²) in [5.41, 5.74) is 0. The number of nitrogens with one attached hydrogen (secondary N) is 1. The summed E-state index contributed by atoms with van der Waals surface area (Å²) in [5, 5.41) is 12.4. The van der Waals surface area contributed by atoms with Crippen LogP contribution in [-0.2, 0) is 4.79 Å². The zero-order valence-electron chi connectivity index (χ0n) is 11.6. The van der Waals surface area contributed by atoms with Gasteiger partial charge in [-0.15, -0.1) is 0 Å². The molecule has 0 spiro atoms. The van der Waals surface area contributed by atoms with E-state index in [1.807, 2.05) is 0 Å². The Bertz CT molecular complexity index is 243. The summed E-state index contributed by atoms with van der Waals surface area (Å²) < 4.78 is 0. The minimum absolute atomic E-state index is 0.0787. The van der Waals surface area contributed by atoms with E-state index < -0.39 is 0 Å². The van der Waals surface area contributed by atoms with Gasteiger partial charge < -0.3 is 10.4 Å². The van der Waals surface area contributed by atoms with Crippen molar-refractivity contribution in [2.24, 2.45) is 23.7 Å². The molecule has 3 heteroatoms. The molecular formula is C14H27NO2. The van der Waals surface area contributed by atoms with Crippen molar-refractivity contribution in [2.45, 2.75) is 53.0 Å². The number of aliphatic hydroxyl groups is 1. The van der Waals surface area contributed by atoms with Gasteiger partial charge in [-0.1, -0.05) is 34.1 Å². The summed E-state index contributed by atoms with van der Waals surface area (Å²) in [4.78, 5) is 12.3. The van der Waals surface area contributed by atoms with E-state index in [0.29, 0.717) is 11.8 Å². The predicted molar refractivity (Wildman–Crippen MR) is 69.5 cm³/mol. The Morgan fingerprint density at radius 1 is 1.24 bits per heavy atom. The second-order valence-electron chi connectivity index (χ2n) is 6.00. The Morgan fingerprint density at radius 2 is 1.82 bits per heavy atom. The molecule has 2 atom stereocenters. The van der Waals surface area contributed by atoms with Crippen molar-refractivity contribution in [3.05, 3.63) is 0 Å². The average Bonchev–Trinajstić information content (AvgIpc) is 2.63. The standard InChI is InChI=1S/C14H27NO2/c1-9(2)13(10(3)4)14(17)15-12-7-5-6-11(12)8-16/h9-13,16H,5-8H2,1-4H3,(H,15,17). The van der Waals surface area contributed by atoms with Crippen molar-refractivity contribution >= 4 is 5.91 Å².